The van der Waals surface area contributed by atoms with Crippen LogP contribution in [0.1, 0.15) is 41.6 Å². The first-order valence-corrected chi connectivity index (χ1v) is 6.64. The second-order valence-corrected chi connectivity index (χ2v) is 4.82. The van der Waals surface area contributed by atoms with Gasteiger partial charge in [-0.2, -0.15) is 13.2 Å². The van der Waals surface area contributed by atoms with Gasteiger partial charge in [-0.1, -0.05) is 11.6 Å². The maximum Gasteiger partial charge on any atom is 0.419 e. The summed E-state index contributed by atoms with van der Waals surface area (Å²) in [5.41, 5.74) is -1.46. The summed E-state index contributed by atoms with van der Waals surface area (Å²) in [4.78, 5) is 20.4. The van der Waals surface area contributed by atoms with Crippen molar-refractivity contribution in [1.82, 2.24) is 0 Å². The number of alkyl halides is 3. The second kappa shape index (κ2) is 7.75. The van der Waals surface area contributed by atoms with Crippen molar-refractivity contribution < 1.29 is 37.4 Å². The van der Waals surface area contributed by atoms with Gasteiger partial charge in [0.2, 0.25) is 0 Å². The smallest absolute Gasteiger partial charge is 0.419 e. The van der Waals surface area contributed by atoms with Crippen LogP contribution in [0.4, 0.5) is 17.6 Å². The van der Waals surface area contributed by atoms with Crippen molar-refractivity contribution in [2.24, 2.45) is 0 Å². The molecule has 0 aromatic heterocycles. The number of aliphatic carboxylic acids is 1. The molecule has 0 aliphatic heterocycles. The van der Waals surface area contributed by atoms with Gasteiger partial charge < -0.3 is 10.2 Å². The Balaban J connectivity index is 0.000000253. The first-order valence-electron chi connectivity index (χ1n) is 6.64. The Morgan fingerprint density at radius 3 is 2.09 bits per heavy atom. The van der Waals surface area contributed by atoms with E-state index < -0.39 is 35.1 Å². The molecule has 0 atom stereocenters. The van der Waals surface area contributed by atoms with Crippen LogP contribution < -0.4 is 0 Å². The molecular weight excluding hydrogens is 320 g/mol. The summed E-state index contributed by atoms with van der Waals surface area (Å²) in [7, 11) is 0. The minimum Gasteiger partial charge on any atom is -0.478 e. The van der Waals surface area contributed by atoms with Gasteiger partial charge in [0, 0.05) is 6.08 Å². The normalized spacial score (nSPS) is 14.0. The van der Waals surface area contributed by atoms with Gasteiger partial charge in [-0.3, -0.25) is 0 Å². The van der Waals surface area contributed by atoms with Gasteiger partial charge in [-0.25, -0.2) is 14.0 Å². The van der Waals surface area contributed by atoms with Gasteiger partial charge >= 0.3 is 18.1 Å². The van der Waals surface area contributed by atoms with Gasteiger partial charge in [-0.15, -0.1) is 0 Å². The summed E-state index contributed by atoms with van der Waals surface area (Å²) in [6, 6.07) is 2.10. The van der Waals surface area contributed by atoms with Crippen LogP contribution in [-0.4, -0.2) is 22.2 Å². The number of aromatic carboxylic acids is 1. The molecule has 0 saturated heterocycles. The molecule has 0 radical (unpaired) electrons. The molecule has 1 saturated carbocycles. The molecule has 2 rings (SSSR count). The van der Waals surface area contributed by atoms with Crippen molar-refractivity contribution in [2.45, 2.75) is 31.9 Å². The van der Waals surface area contributed by atoms with E-state index in [1.165, 1.54) is 18.9 Å². The van der Waals surface area contributed by atoms with Crippen molar-refractivity contribution in [1.29, 1.82) is 0 Å². The zero-order valence-corrected chi connectivity index (χ0v) is 11.9. The zero-order chi connectivity index (χ0) is 17.6. The van der Waals surface area contributed by atoms with E-state index in [2.05, 4.69) is 0 Å². The molecule has 1 fully saturated rings. The van der Waals surface area contributed by atoms with Gasteiger partial charge in [0.1, 0.15) is 5.82 Å². The third kappa shape index (κ3) is 5.72. The van der Waals surface area contributed by atoms with Crippen molar-refractivity contribution in [2.75, 3.05) is 0 Å². The highest BCUT2D eigenvalue weighted by atomic mass is 19.4. The van der Waals surface area contributed by atoms with E-state index in [1.54, 1.807) is 0 Å². The van der Waals surface area contributed by atoms with Crippen molar-refractivity contribution in [3.8, 4) is 0 Å². The highest BCUT2D eigenvalue weighted by Gasteiger charge is 2.35. The SMILES string of the molecule is O=C(O)C=C1CCCC1.O=C(O)c1cccc(C(F)(F)F)c1F. The lowest BCUT2D eigenvalue weighted by atomic mass is 10.1. The van der Waals surface area contributed by atoms with Crippen LogP contribution in [0.3, 0.4) is 0 Å². The Morgan fingerprint density at radius 1 is 1.09 bits per heavy atom. The van der Waals surface area contributed by atoms with Gasteiger partial charge in [0.25, 0.3) is 0 Å². The number of carboxylic acids is 2. The number of hydrogen-bond donors (Lipinski definition) is 2. The number of hydrogen-bond acceptors (Lipinski definition) is 2. The Labute approximate surface area is 129 Å². The van der Waals surface area contributed by atoms with Crippen LogP contribution in [0.2, 0.25) is 0 Å². The lowest BCUT2D eigenvalue weighted by molar-refractivity contribution is -0.140. The summed E-state index contributed by atoms with van der Waals surface area (Å²) in [6.07, 6.45) is 0.777. The van der Waals surface area contributed by atoms with Crippen LogP contribution in [0.25, 0.3) is 0 Å². The molecule has 4 nitrogen and oxygen atoms in total. The van der Waals surface area contributed by atoms with E-state index in [-0.39, 0.29) is 0 Å². The molecule has 1 aromatic rings. The highest BCUT2D eigenvalue weighted by molar-refractivity contribution is 5.88. The third-order valence-corrected chi connectivity index (χ3v) is 3.11. The fraction of sp³-hybridized carbons (Fsp3) is 0.333. The van der Waals surface area contributed by atoms with E-state index >= 15 is 0 Å². The largest absolute Gasteiger partial charge is 0.478 e. The molecule has 23 heavy (non-hydrogen) atoms. The molecule has 0 bridgehead atoms. The molecule has 1 aliphatic carbocycles. The molecule has 126 valence electrons. The summed E-state index contributed by atoms with van der Waals surface area (Å²) in [5, 5.41) is 16.6. The Kier molecular flexibility index (Phi) is 6.29. The molecule has 1 aliphatic rings. The topological polar surface area (TPSA) is 74.6 Å². The average Bonchev–Trinajstić information content (AvgIpc) is 2.90. The highest BCUT2D eigenvalue weighted by Crippen LogP contribution is 2.32. The minimum absolute atomic E-state index is 0.488. The van der Waals surface area contributed by atoms with Crippen LogP contribution in [-0.2, 0) is 11.0 Å². The van der Waals surface area contributed by atoms with Crippen molar-refractivity contribution >= 4 is 11.9 Å². The van der Waals surface area contributed by atoms with E-state index in [0.29, 0.717) is 6.07 Å². The number of carbonyl (C=O) groups is 2. The van der Waals surface area contributed by atoms with Gasteiger partial charge in [-0.05, 0) is 37.8 Å². The fourth-order valence-corrected chi connectivity index (χ4v) is 2.06. The van der Waals surface area contributed by atoms with Crippen LogP contribution >= 0.6 is 0 Å². The number of carboxylic acid groups (broad SMARTS) is 2. The Hall–Kier alpha value is -2.38. The molecule has 0 spiro atoms. The van der Waals surface area contributed by atoms with E-state index in [1.807, 2.05) is 0 Å². The average molecular weight is 334 g/mol. The lowest BCUT2D eigenvalue weighted by Gasteiger charge is -2.08. The molecule has 0 amide bonds. The first-order chi connectivity index (χ1) is 10.6. The van der Waals surface area contributed by atoms with E-state index in [9.17, 15) is 27.2 Å². The van der Waals surface area contributed by atoms with Gasteiger partial charge in [0.05, 0.1) is 11.1 Å². The fourth-order valence-electron chi connectivity index (χ4n) is 2.06. The summed E-state index contributed by atoms with van der Waals surface area (Å²) < 4.78 is 49.1. The molecule has 0 unspecified atom stereocenters. The minimum atomic E-state index is -4.88. The molecule has 1 aromatic carbocycles. The predicted molar refractivity (Wildman–Crippen MR) is 72.5 cm³/mol. The molecule has 2 N–H and O–H groups in total. The molecule has 8 heteroatoms. The van der Waals surface area contributed by atoms with Crippen molar-refractivity contribution in [3.63, 3.8) is 0 Å². The van der Waals surface area contributed by atoms with Gasteiger partial charge in [0.15, 0.2) is 0 Å². The monoisotopic (exact) mass is 334 g/mol. The van der Waals surface area contributed by atoms with Crippen LogP contribution in [0, 0.1) is 5.82 Å². The maximum atomic E-state index is 12.9. The number of rotatable bonds is 2. The third-order valence-electron chi connectivity index (χ3n) is 3.11. The Bertz CT molecular complexity index is 612. The predicted octanol–water partition coefficient (Wildman–Crippen LogP) is 4.11. The first kappa shape index (κ1) is 18.7. The second-order valence-electron chi connectivity index (χ2n) is 4.82. The summed E-state index contributed by atoms with van der Waals surface area (Å²) in [5.74, 6) is -4.28. The van der Waals surface area contributed by atoms with Crippen LogP contribution in [0.5, 0.6) is 0 Å². The number of allylic oxidation sites excluding steroid dienone is 1. The molecule has 0 heterocycles. The van der Waals surface area contributed by atoms with Crippen molar-refractivity contribution in [3.05, 3.63) is 46.8 Å². The number of benzene rings is 1. The zero-order valence-electron chi connectivity index (χ0n) is 11.9. The molecular formula is C15H14F4O4. The van der Waals surface area contributed by atoms with E-state index in [4.69, 9.17) is 10.2 Å². The lowest BCUT2D eigenvalue weighted by Crippen LogP contribution is -2.12. The Morgan fingerprint density at radius 2 is 1.65 bits per heavy atom. The van der Waals surface area contributed by atoms with E-state index in [0.717, 1.165) is 30.5 Å². The quantitative estimate of drug-likeness (QED) is 0.630. The van der Waals surface area contributed by atoms with Crippen LogP contribution in [0.15, 0.2) is 29.8 Å². The number of halogens is 4. The summed E-state index contributed by atoms with van der Waals surface area (Å²) >= 11 is 0. The maximum absolute atomic E-state index is 12.9. The standard InChI is InChI=1S/C8H4F4O2.C7H10O2/c9-6-4(7(13)14)2-1-3-5(6)8(10,11)12;8-7(9)5-6-3-1-2-4-6/h1-3H,(H,13,14);5H,1-4H2,(H,8,9). The summed E-state index contributed by atoms with van der Waals surface area (Å²) in [6.45, 7) is 0.